The van der Waals surface area contributed by atoms with Crippen LogP contribution >= 0.6 is 11.8 Å². The number of benzene rings is 2. The van der Waals surface area contributed by atoms with Gasteiger partial charge in [0.15, 0.2) is 16.7 Å². The van der Waals surface area contributed by atoms with Crippen molar-refractivity contribution in [1.29, 1.82) is 0 Å². The molecule has 2 aromatic heterocycles. The molecule has 4 aromatic rings. The van der Waals surface area contributed by atoms with Gasteiger partial charge in [0.1, 0.15) is 12.1 Å². The van der Waals surface area contributed by atoms with Gasteiger partial charge in [-0.15, -0.1) is 10.2 Å². The van der Waals surface area contributed by atoms with Crippen LogP contribution in [0, 0.1) is 11.7 Å². The van der Waals surface area contributed by atoms with Gasteiger partial charge in [0.25, 0.3) is 5.91 Å². The molecule has 9 nitrogen and oxygen atoms in total. The SMILES string of the molecule is CCOC(=O)C1CCN(C(=O)c2coc(CSc3nnc(-c4ccccc4)n3-c3ccccc3F)n2)CC1. The van der Waals surface area contributed by atoms with E-state index in [0.717, 1.165) is 5.56 Å². The number of carbonyl (C=O) groups is 2. The van der Waals surface area contributed by atoms with Crippen LogP contribution in [0.25, 0.3) is 17.1 Å². The van der Waals surface area contributed by atoms with Gasteiger partial charge in [-0.05, 0) is 31.9 Å². The molecule has 0 unspecified atom stereocenters. The first-order valence-corrected chi connectivity index (χ1v) is 13.3. The maximum Gasteiger partial charge on any atom is 0.309 e. The van der Waals surface area contributed by atoms with Crippen molar-refractivity contribution in [2.24, 2.45) is 5.92 Å². The molecule has 11 heteroatoms. The van der Waals surface area contributed by atoms with Crippen LogP contribution in [0.5, 0.6) is 0 Å². The number of rotatable bonds is 8. The van der Waals surface area contributed by atoms with E-state index in [2.05, 4.69) is 15.2 Å². The Kier molecular flexibility index (Phi) is 7.83. The molecule has 1 amide bonds. The van der Waals surface area contributed by atoms with Crippen molar-refractivity contribution in [2.45, 2.75) is 30.7 Å². The van der Waals surface area contributed by atoms with E-state index in [9.17, 15) is 14.0 Å². The number of hydrogen-bond donors (Lipinski definition) is 0. The molecule has 0 saturated carbocycles. The molecule has 1 fully saturated rings. The van der Waals surface area contributed by atoms with E-state index in [0.29, 0.717) is 55.1 Å². The number of likely N-dealkylation sites (tertiary alicyclic amines) is 1. The fourth-order valence-electron chi connectivity index (χ4n) is 4.33. The number of nitrogens with zero attached hydrogens (tertiary/aromatic N) is 5. The Labute approximate surface area is 223 Å². The average Bonchev–Trinajstić information content (AvgIpc) is 3.60. The van der Waals surface area contributed by atoms with E-state index in [-0.39, 0.29) is 29.2 Å². The van der Waals surface area contributed by atoms with Gasteiger partial charge >= 0.3 is 5.97 Å². The summed E-state index contributed by atoms with van der Waals surface area (Å²) in [4.78, 5) is 30.9. The van der Waals surface area contributed by atoms with Crippen molar-refractivity contribution in [3.05, 3.63) is 78.3 Å². The highest BCUT2D eigenvalue weighted by Gasteiger charge is 2.30. The molecule has 0 atom stereocenters. The van der Waals surface area contributed by atoms with E-state index in [1.807, 2.05) is 30.3 Å². The fourth-order valence-corrected chi connectivity index (χ4v) is 5.13. The molecule has 0 N–H and O–H groups in total. The van der Waals surface area contributed by atoms with E-state index >= 15 is 0 Å². The lowest BCUT2D eigenvalue weighted by atomic mass is 9.97. The number of esters is 1. The van der Waals surface area contributed by atoms with Gasteiger partial charge in [0.2, 0.25) is 5.89 Å². The number of oxazole rings is 1. The van der Waals surface area contributed by atoms with Crippen LogP contribution in [-0.4, -0.2) is 56.2 Å². The normalized spacial score (nSPS) is 14.0. The number of carbonyl (C=O) groups excluding carboxylic acids is 2. The molecule has 0 radical (unpaired) electrons. The number of thioether (sulfide) groups is 1. The maximum atomic E-state index is 14.8. The van der Waals surface area contributed by atoms with Crippen molar-refractivity contribution < 1.29 is 23.1 Å². The number of piperidine rings is 1. The summed E-state index contributed by atoms with van der Waals surface area (Å²) in [7, 11) is 0. The van der Waals surface area contributed by atoms with Crippen molar-refractivity contribution in [1.82, 2.24) is 24.6 Å². The highest BCUT2D eigenvalue weighted by molar-refractivity contribution is 7.98. The quantitative estimate of drug-likeness (QED) is 0.235. The molecule has 0 spiro atoms. The first kappa shape index (κ1) is 25.7. The average molecular weight is 536 g/mol. The van der Waals surface area contributed by atoms with Gasteiger partial charge in [0.05, 0.1) is 24.0 Å². The summed E-state index contributed by atoms with van der Waals surface area (Å²) in [5, 5.41) is 9.08. The smallest absolute Gasteiger partial charge is 0.309 e. The Morgan fingerprint density at radius 1 is 1.08 bits per heavy atom. The molecular formula is C27H26FN5O4S. The minimum absolute atomic E-state index is 0.184. The fraction of sp³-hybridized carbons (Fsp3) is 0.296. The van der Waals surface area contributed by atoms with E-state index in [1.54, 1.807) is 34.6 Å². The van der Waals surface area contributed by atoms with Crippen LogP contribution < -0.4 is 0 Å². The van der Waals surface area contributed by atoms with Crippen LogP contribution in [-0.2, 0) is 15.3 Å². The number of amides is 1. The molecule has 3 heterocycles. The minimum Gasteiger partial charge on any atom is -0.466 e. The van der Waals surface area contributed by atoms with Crippen LogP contribution in [0.4, 0.5) is 4.39 Å². The Bertz CT molecular complexity index is 1420. The molecule has 5 rings (SSSR count). The highest BCUT2D eigenvalue weighted by atomic mass is 32.2. The van der Waals surface area contributed by atoms with Crippen molar-refractivity contribution >= 4 is 23.6 Å². The molecule has 38 heavy (non-hydrogen) atoms. The van der Waals surface area contributed by atoms with Gasteiger partial charge in [0, 0.05) is 18.7 Å². The van der Waals surface area contributed by atoms with E-state index in [4.69, 9.17) is 9.15 Å². The third kappa shape index (κ3) is 5.47. The third-order valence-corrected chi connectivity index (χ3v) is 7.17. The largest absolute Gasteiger partial charge is 0.466 e. The highest BCUT2D eigenvalue weighted by Crippen LogP contribution is 2.31. The zero-order chi connectivity index (χ0) is 26.5. The lowest BCUT2D eigenvalue weighted by Crippen LogP contribution is -2.40. The Morgan fingerprint density at radius 3 is 2.55 bits per heavy atom. The second kappa shape index (κ2) is 11.6. The molecule has 0 bridgehead atoms. The number of ether oxygens (including phenoxy) is 1. The summed E-state index contributed by atoms with van der Waals surface area (Å²) >= 11 is 1.28. The zero-order valence-electron chi connectivity index (χ0n) is 20.7. The summed E-state index contributed by atoms with van der Waals surface area (Å²) in [6.07, 6.45) is 2.45. The Balaban J connectivity index is 1.29. The second-order valence-electron chi connectivity index (χ2n) is 8.69. The molecule has 196 valence electrons. The van der Waals surface area contributed by atoms with Gasteiger partial charge in [-0.1, -0.05) is 54.2 Å². The monoisotopic (exact) mass is 535 g/mol. The lowest BCUT2D eigenvalue weighted by molar-refractivity contribution is -0.149. The first-order valence-electron chi connectivity index (χ1n) is 12.3. The van der Waals surface area contributed by atoms with Crippen LogP contribution in [0.2, 0.25) is 0 Å². The molecule has 1 aliphatic rings. The number of para-hydroxylation sites is 1. The van der Waals surface area contributed by atoms with Gasteiger partial charge in [-0.2, -0.15) is 0 Å². The topological polar surface area (TPSA) is 103 Å². The first-order chi connectivity index (χ1) is 18.5. The van der Waals surface area contributed by atoms with Gasteiger partial charge in [-0.3, -0.25) is 14.2 Å². The Hall–Kier alpha value is -3.99. The molecule has 1 aliphatic heterocycles. The summed E-state index contributed by atoms with van der Waals surface area (Å²) < 4.78 is 27.1. The summed E-state index contributed by atoms with van der Waals surface area (Å²) in [6, 6.07) is 15.9. The van der Waals surface area contributed by atoms with Crippen molar-refractivity contribution in [3.63, 3.8) is 0 Å². The predicted molar refractivity (Wildman–Crippen MR) is 138 cm³/mol. The van der Waals surface area contributed by atoms with Crippen LogP contribution in [0.3, 0.4) is 0 Å². The minimum atomic E-state index is -0.401. The van der Waals surface area contributed by atoms with Crippen molar-refractivity contribution in [2.75, 3.05) is 19.7 Å². The van der Waals surface area contributed by atoms with Crippen molar-refractivity contribution in [3.8, 4) is 17.1 Å². The number of aromatic nitrogens is 4. The molecule has 0 aliphatic carbocycles. The van der Waals surface area contributed by atoms with Crippen LogP contribution in [0.15, 0.2) is 70.4 Å². The summed E-state index contributed by atoms with van der Waals surface area (Å²) in [5.74, 6) is 0.0708. The summed E-state index contributed by atoms with van der Waals surface area (Å²) in [6.45, 7) is 3.03. The number of hydrogen-bond acceptors (Lipinski definition) is 8. The van der Waals surface area contributed by atoms with Gasteiger partial charge < -0.3 is 14.1 Å². The standard InChI is InChI=1S/C27H26FN5O4S/c1-2-36-26(35)19-12-14-32(15-13-19)25(34)21-16-37-23(29-21)17-38-27-31-30-24(18-8-4-3-5-9-18)33(27)22-11-7-6-10-20(22)28/h3-11,16,19H,2,12-15,17H2,1H3. The third-order valence-electron chi connectivity index (χ3n) is 6.26. The Morgan fingerprint density at radius 2 is 1.82 bits per heavy atom. The van der Waals surface area contributed by atoms with Gasteiger partial charge in [-0.25, -0.2) is 9.37 Å². The predicted octanol–water partition coefficient (Wildman–Crippen LogP) is 4.77. The van der Waals surface area contributed by atoms with E-state index in [1.165, 1.54) is 24.1 Å². The molecule has 2 aromatic carbocycles. The second-order valence-corrected chi connectivity index (χ2v) is 9.64. The zero-order valence-corrected chi connectivity index (χ0v) is 21.6. The van der Waals surface area contributed by atoms with Crippen LogP contribution in [0.1, 0.15) is 36.1 Å². The maximum absolute atomic E-state index is 14.8. The number of halogens is 1. The molecular weight excluding hydrogens is 509 g/mol. The lowest BCUT2D eigenvalue weighted by Gasteiger charge is -2.30. The van der Waals surface area contributed by atoms with E-state index < -0.39 is 5.82 Å². The summed E-state index contributed by atoms with van der Waals surface area (Å²) in [5.41, 5.74) is 1.33. The molecule has 1 saturated heterocycles.